The first kappa shape index (κ1) is 22.1. The smallest absolute Gasteiger partial charge is 0.281 e. The van der Waals surface area contributed by atoms with E-state index in [0.29, 0.717) is 17.0 Å². The molecule has 4 bridgehead atoms. The fourth-order valence-corrected chi connectivity index (χ4v) is 7.59. The number of hydrogen-bond donors (Lipinski definition) is 3. The average molecular weight is 467 g/mol. The number of carbonyl (C=O) groups excluding carboxylic acids is 3. The van der Waals surface area contributed by atoms with Crippen molar-refractivity contribution in [3.8, 4) is 10.6 Å². The van der Waals surface area contributed by atoms with Gasteiger partial charge in [0.2, 0.25) is 5.91 Å². The van der Waals surface area contributed by atoms with E-state index < -0.39 is 11.8 Å². The largest absolute Gasteiger partial charge is 0.347 e. The lowest BCUT2D eigenvalue weighted by Crippen LogP contribution is -2.49. The van der Waals surface area contributed by atoms with Crippen LogP contribution in [0.4, 0.5) is 0 Å². The molecule has 33 heavy (non-hydrogen) atoms. The van der Waals surface area contributed by atoms with Crippen molar-refractivity contribution in [3.05, 3.63) is 40.9 Å². The first-order valence-electron chi connectivity index (χ1n) is 11.8. The molecule has 1 heterocycles. The molecular weight excluding hydrogens is 436 g/mol. The van der Waals surface area contributed by atoms with Gasteiger partial charge in [0.15, 0.2) is 0 Å². The molecule has 8 heteroatoms. The van der Waals surface area contributed by atoms with Crippen LogP contribution < -0.4 is 16.2 Å². The molecule has 0 saturated heterocycles. The summed E-state index contributed by atoms with van der Waals surface area (Å²) in [4.78, 5) is 42.2. The SMILES string of the molecule is Cc1nc(-c2ccccc2)sc1C(=O)NNC(=O)CNC(=O)CC12CC3CC(CC(C3)C1)C2. The highest BCUT2D eigenvalue weighted by Gasteiger charge is 2.51. The first-order valence-corrected chi connectivity index (χ1v) is 12.6. The van der Waals surface area contributed by atoms with Gasteiger partial charge in [0.05, 0.1) is 12.2 Å². The molecule has 0 unspecified atom stereocenters. The molecule has 3 amide bonds. The second-order valence-corrected chi connectivity index (χ2v) is 11.2. The minimum atomic E-state index is -0.451. The van der Waals surface area contributed by atoms with Crippen molar-refractivity contribution in [1.29, 1.82) is 0 Å². The first-order chi connectivity index (χ1) is 15.9. The van der Waals surface area contributed by atoms with Gasteiger partial charge in [-0.1, -0.05) is 30.3 Å². The van der Waals surface area contributed by atoms with Gasteiger partial charge in [-0.05, 0) is 68.6 Å². The maximum Gasteiger partial charge on any atom is 0.281 e. The molecule has 3 N–H and O–H groups in total. The summed E-state index contributed by atoms with van der Waals surface area (Å²) in [7, 11) is 0. The lowest BCUT2D eigenvalue weighted by molar-refractivity contribution is -0.132. The van der Waals surface area contributed by atoms with E-state index in [1.165, 1.54) is 30.6 Å². The number of nitrogens with one attached hydrogen (secondary N) is 3. The van der Waals surface area contributed by atoms with E-state index in [9.17, 15) is 14.4 Å². The van der Waals surface area contributed by atoms with Crippen molar-refractivity contribution in [2.75, 3.05) is 6.54 Å². The molecule has 4 fully saturated rings. The zero-order valence-corrected chi connectivity index (χ0v) is 19.7. The third-order valence-corrected chi connectivity index (χ3v) is 8.69. The zero-order valence-electron chi connectivity index (χ0n) is 18.9. The third-order valence-electron chi connectivity index (χ3n) is 7.49. The summed E-state index contributed by atoms with van der Waals surface area (Å²) in [5, 5.41) is 3.50. The molecule has 7 nitrogen and oxygen atoms in total. The van der Waals surface area contributed by atoms with Crippen LogP contribution in [0, 0.1) is 30.1 Å². The van der Waals surface area contributed by atoms with Gasteiger partial charge in [0, 0.05) is 12.0 Å². The molecule has 4 saturated carbocycles. The topological polar surface area (TPSA) is 100 Å². The average Bonchev–Trinajstić information content (AvgIpc) is 3.17. The molecule has 4 aliphatic rings. The standard InChI is InChI=1S/C25H30N4O3S/c1-15-22(33-24(27-15)19-5-3-2-4-6-19)23(32)29-28-21(31)14-26-20(30)13-25-10-16-7-17(11-25)9-18(8-16)12-25/h2-6,16-18H,7-14H2,1H3,(H,26,30)(H,28,31)(H,29,32). The van der Waals surface area contributed by atoms with E-state index in [1.54, 1.807) is 6.92 Å². The number of aromatic nitrogens is 1. The molecule has 1 aromatic heterocycles. The van der Waals surface area contributed by atoms with Gasteiger partial charge in [-0.15, -0.1) is 11.3 Å². The van der Waals surface area contributed by atoms with Gasteiger partial charge >= 0.3 is 0 Å². The summed E-state index contributed by atoms with van der Waals surface area (Å²) < 4.78 is 0. The van der Waals surface area contributed by atoms with Crippen LogP contribution in [0.25, 0.3) is 10.6 Å². The predicted octanol–water partition coefficient (Wildman–Crippen LogP) is 3.60. The Bertz CT molecular complexity index is 1030. The second kappa shape index (κ2) is 8.89. The van der Waals surface area contributed by atoms with Crippen molar-refractivity contribution in [1.82, 2.24) is 21.2 Å². The molecule has 0 radical (unpaired) electrons. The number of nitrogens with zero attached hydrogens (tertiary/aromatic N) is 1. The monoisotopic (exact) mass is 466 g/mol. The van der Waals surface area contributed by atoms with E-state index in [-0.39, 0.29) is 17.9 Å². The lowest BCUT2D eigenvalue weighted by atomic mass is 9.49. The maximum atomic E-state index is 12.6. The van der Waals surface area contributed by atoms with Gasteiger partial charge in [0.25, 0.3) is 11.8 Å². The quantitative estimate of drug-likeness (QED) is 0.566. The summed E-state index contributed by atoms with van der Waals surface area (Å²) in [5.74, 6) is 1.44. The van der Waals surface area contributed by atoms with Crippen LogP contribution in [-0.4, -0.2) is 29.3 Å². The van der Waals surface area contributed by atoms with Crippen molar-refractivity contribution >= 4 is 29.1 Å². The normalized spacial score (nSPS) is 27.2. The minimum Gasteiger partial charge on any atom is -0.347 e. The number of thiazole rings is 1. The highest BCUT2D eigenvalue weighted by atomic mass is 32.1. The van der Waals surface area contributed by atoms with E-state index in [0.717, 1.165) is 47.6 Å². The van der Waals surface area contributed by atoms with Crippen molar-refractivity contribution in [3.63, 3.8) is 0 Å². The van der Waals surface area contributed by atoms with Crippen LogP contribution in [0.3, 0.4) is 0 Å². The van der Waals surface area contributed by atoms with Gasteiger partial charge in [0.1, 0.15) is 9.88 Å². The third kappa shape index (κ3) is 4.81. The van der Waals surface area contributed by atoms with Crippen LogP contribution >= 0.6 is 11.3 Å². The Morgan fingerprint density at radius 1 is 0.970 bits per heavy atom. The Kier molecular flexibility index (Phi) is 5.95. The number of rotatable bonds is 6. The Labute approximate surface area is 197 Å². The van der Waals surface area contributed by atoms with Gasteiger partial charge in [-0.2, -0.15) is 0 Å². The molecule has 4 aliphatic carbocycles. The number of aryl methyl sites for hydroxylation is 1. The second-order valence-electron chi connectivity index (χ2n) is 10.2. The maximum absolute atomic E-state index is 12.6. The Hall–Kier alpha value is -2.74. The molecule has 2 aromatic rings. The number of hydrazine groups is 1. The van der Waals surface area contributed by atoms with Crippen molar-refractivity contribution < 1.29 is 14.4 Å². The number of hydrogen-bond acceptors (Lipinski definition) is 5. The molecular formula is C25H30N4O3S. The van der Waals surface area contributed by atoms with Crippen LogP contribution in [0.2, 0.25) is 0 Å². The van der Waals surface area contributed by atoms with Gasteiger partial charge < -0.3 is 5.32 Å². The summed E-state index contributed by atoms with van der Waals surface area (Å²) in [5.41, 5.74) is 6.52. The highest BCUT2D eigenvalue weighted by Crippen LogP contribution is 2.61. The summed E-state index contributed by atoms with van der Waals surface area (Å²) >= 11 is 1.28. The summed E-state index contributed by atoms with van der Waals surface area (Å²) in [6, 6.07) is 9.64. The number of carbonyl (C=O) groups is 3. The van der Waals surface area contributed by atoms with E-state index in [4.69, 9.17) is 0 Å². The fraction of sp³-hybridized carbons (Fsp3) is 0.520. The summed E-state index contributed by atoms with van der Waals surface area (Å²) in [6.07, 6.45) is 8.02. The molecule has 174 valence electrons. The van der Waals surface area contributed by atoms with Gasteiger partial charge in [-0.25, -0.2) is 4.98 Å². The van der Waals surface area contributed by atoms with Crippen molar-refractivity contribution in [2.24, 2.45) is 23.2 Å². The molecule has 6 rings (SSSR count). The van der Waals surface area contributed by atoms with E-state index in [2.05, 4.69) is 21.2 Å². The molecule has 0 aliphatic heterocycles. The Morgan fingerprint density at radius 3 is 2.24 bits per heavy atom. The van der Waals surface area contributed by atoms with E-state index >= 15 is 0 Å². The van der Waals surface area contributed by atoms with Gasteiger partial charge in [-0.3, -0.25) is 25.2 Å². The van der Waals surface area contributed by atoms with Crippen LogP contribution in [0.1, 0.15) is 60.3 Å². The summed E-state index contributed by atoms with van der Waals surface area (Å²) in [6.45, 7) is 1.62. The molecule has 0 spiro atoms. The van der Waals surface area contributed by atoms with Crippen LogP contribution in [0.5, 0.6) is 0 Å². The molecule has 1 aromatic carbocycles. The predicted molar refractivity (Wildman–Crippen MR) is 126 cm³/mol. The van der Waals surface area contributed by atoms with Crippen molar-refractivity contribution in [2.45, 2.75) is 51.9 Å². The lowest BCUT2D eigenvalue weighted by Gasteiger charge is -2.56. The van der Waals surface area contributed by atoms with Crippen LogP contribution in [0.15, 0.2) is 30.3 Å². The number of amides is 3. The minimum absolute atomic E-state index is 0.0655. The molecule has 0 atom stereocenters. The Balaban J connectivity index is 1.09. The van der Waals surface area contributed by atoms with Crippen LogP contribution in [-0.2, 0) is 9.59 Å². The zero-order chi connectivity index (χ0) is 23.0. The van der Waals surface area contributed by atoms with E-state index in [1.807, 2.05) is 30.3 Å². The number of benzene rings is 1. The Morgan fingerprint density at radius 2 is 1.61 bits per heavy atom. The fourth-order valence-electron chi connectivity index (χ4n) is 6.63. The highest BCUT2D eigenvalue weighted by molar-refractivity contribution is 7.17.